The van der Waals surface area contributed by atoms with Gasteiger partial charge in [-0.1, -0.05) is 53.5 Å². The monoisotopic (exact) mass is 390 g/mol. The van der Waals surface area contributed by atoms with Crippen molar-refractivity contribution in [1.82, 2.24) is 9.80 Å². The van der Waals surface area contributed by atoms with Crippen LogP contribution < -0.4 is 0 Å². The lowest BCUT2D eigenvalue weighted by Crippen LogP contribution is -2.13. The molecule has 0 aliphatic carbocycles. The lowest BCUT2D eigenvalue weighted by molar-refractivity contribution is 0.411. The van der Waals surface area contributed by atoms with Gasteiger partial charge in [-0.3, -0.25) is 0 Å². The van der Waals surface area contributed by atoms with Gasteiger partial charge in [0.1, 0.15) is 0 Å². The average Bonchev–Trinajstić information content (AvgIpc) is 3.25. The number of halogens is 2. The summed E-state index contributed by atoms with van der Waals surface area (Å²) >= 11 is 12.0. The molecule has 2 saturated heterocycles. The normalized spacial score (nSPS) is 23.7. The fourth-order valence-corrected chi connectivity index (χ4v) is 4.35. The number of nitrogens with zero attached hydrogens (tertiary/aromatic N) is 2. The Bertz CT molecular complexity index is 702. The maximum absolute atomic E-state index is 6.13. The summed E-state index contributed by atoms with van der Waals surface area (Å²) < 4.78 is 0. The zero-order valence-electron chi connectivity index (χ0n) is 15.7. The van der Waals surface area contributed by atoms with Gasteiger partial charge in [0.15, 0.2) is 0 Å². The van der Waals surface area contributed by atoms with Gasteiger partial charge in [-0.15, -0.1) is 0 Å². The lowest BCUT2D eigenvalue weighted by Gasteiger charge is -2.11. The summed E-state index contributed by atoms with van der Waals surface area (Å²) in [7, 11) is 4.34. The van der Waals surface area contributed by atoms with Crippen LogP contribution in [0.4, 0.5) is 0 Å². The Morgan fingerprint density at radius 3 is 1.88 bits per heavy atom. The van der Waals surface area contributed by atoms with Crippen LogP contribution in [0.15, 0.2) is 48.5 Å². The predicted octanol–water partition coefficient (Wildman–Crippen LogP) is 5.52. The van der Waals surface area contributed by atoms with Crippen molar-refractivity contribution in [2.75, 3.05) is 40.3 Å². The molecule has 140 valence electrons. The van der Waals surface area contributed by atoms with Crippen molar-refractivity contribution in [3.8, 4) is 0 Å². The van der Waals surface area contributed by atoms with Gasteiger partial charge < -0.3 is 9.80 Å². The first kappa shape index (κ1) is 19.7. The van der Waals surface area contributed by atoms with E-state index in [-0.39, 0.29) is 0 Å². The molecule has 2 aliphatic rings. The molecule has 0 spiro atoms. The number of likely N-dealkylation sites (N-methyl/N-ethyl adjacent to an activating group) is 2. The molecule has 4 heteroatoms. The number of hydrogen-bond acceptors (Lipinski definition) is 2. The van der Waals surface area contributed by atoms with Crippen molar-refractivity contribution in [2.24, 2.45) is 0 Å². The van der Waals surface area contributed by atoms with Crippen molar-refractivity contribution in [3.05, 3.63) is 69.7 Å². The Kier molecular flexibility index (Phi) is 6.99. The van der Waals surface area contributed by atoms with E-state index in [1.54, 1.807) is 0 Å². The zero-order chi connectivity index (χ0) is 18.5. The average molecular weight is 391 g/mol. The highest BCUT2D eigenvalue weighted by Gasteiger charge is 2.22. The van der Waals surface area contributed by atoms with Crippen molar-refractivity contribution < 1.29 is 0 Å². The minimum absolute atomic E-state index is 0.638. The fourth-order valence-electron chi connectivity index (χ4n) is 3.94. The molecule has 2 heterocycles. The first-order chi connectivity index (χ1) is 12.5. The second-order valence-electron chi connectivity index (χ2n) is 7.57. The van der Waals surface area contributed by atoms with Crippen molar-refractivity contribution >= 4 is 23.2 Å². The van der Waals surface area contributed by atoms with Gasteiger partial charge in [0.25, 0.3) is 0 Å². The molecule has 2 aliphatic heterocycles. The van der Waals surface area contributed by atoms with Crippen LogP contribution in [0.5, 0.6) is 0 Å². The molecule has 2 unspecified atom stereocenters. The number of rotatable bonds is 2. The first-order valence-corrected chi connectivity index (χ1v) is 10.2. The van der Waals surface area contributed by atoms with Crippen LogP contribution in [0.25, 0.3) is 0 Å². The Labute approximate surface area is 167 Å². The fraction of sp³-hybridized carbons (Fsp3) is 0.455. The van der Waals surface area contributed by atoms with Gasteiger partial charge in [-0.2, -0.15) is 0 Å². The van der Waals surface area contributed by atoms with E-state index in [1.807, 2.05) is 24.3 Å². The molecular weight excluding hydrogens is 363 g/mol. The van der Waals surface area contributed by atoms with Crippen LogP contribution in [-0.4, -0.2) is 50.1 Å². The summed E-state index contributed by atoms with van der Waals surface area (Å²) in [5, 5.41) is 1.75. The van der Waals surface area contributed by atoms with Crippen LogP contribution in [0.2, 0.25) is 10.0 Å². The van der Waals surface area contributed by atoms with Crippen LogP contribution in [0.3, 0.4) is 0 Å². The zero-order valence-corrected chi connectivity index (χ0v) is 17.2. The van der Waals surface area contributed by atoms with Crippen LogP contribution in [0, 0.1) is 0 Å². The van der Waals surface area contributed by atoms with Crippen LogP contribution in [-0.2, 0) is 0 Å². The van der Waals surface area contributed by atoms with E-state index < -0.39 is 0 Å². The quantitative estimate of drug-likeness (QED) is 0.665. The van der Waals surface area contributed by atoms with Crippen molar-refractivity contribution in [1.29, 1.82) is 0 Å². The summed E-state index contributed by atoms with van der Waals surface area (Å²) in [5.41, 5.74) is 2.74. The van der Waals surface area contributed by atoms with E-state index in [1.165, 1.54) is 43.6 Å². The molecule has 0 radical (unpaired) electrons. The van der Waals surface area contributed by atoms with E-state index >= 15 is 0 Å². The van der Waals surface area contributed by atoms with Crippen molar-refractivity contribution in [2.45, 2.75) is 24.7 Å². The second kappa shape index (κ2) is 9.23. The van der Waals surface area contributed by atoms with Gasteiger partial charge in [0, 0.05) is 23.1 Å². The van der Waals surface area contributed by atoms with E-state index in [0.717, 1.165) is 16.6 Å². The minimum atomic E-state index is 0.638. The highest BCUT2D eigenvalue weighted by molar-refractivity contribution is 6.31. The van der Waals surface area contributed by atoms with E-state index in [2.05, 4.69) is 48.2 Å². The molecule has 0 N–H and O–H groups in total. The molecule has 2 aromatic carbocycles. The van der Waals surface area contributed by atoms with E-state index in [9.17, 15) is 0 Å². The van der Waals surface area contributed by atoms with Crippen LogP contribution >= 0.6 is 23.2 Å². The molecule has 0 aromatic heterocycles. The summed E-state index contributed by atoms with van der Waals surface area (Å²) in [5.74, 6) is 1.35. The van der Waals surface area contributed by atoms with Gasteiger partial charge in [0.05, 0.1) is 0 Å². The highest BCUT2D eigenvalue weighted by atomic mass is 35.5. The van der Waals surface area contributed by atoms with E-state index in [0.29, 0.717) is 11.8 Å². The molecule has 2 atom stereocenters. The Morgan fingerprint density at radius 1 is 0.769 bits per heavy atom. The maximum atomic E-state index is 6.13. The standard InChI is InChI=1S/2C11H14ClN/c1-13-7-6-10(8-13)9-2-4-11(12)5-3-9;1-13-7-6-9(8-13)10-4-2-3-5-11(10)12/h2-5,10H,6-8H2,1H3;2-5,9H,6-8H2,1H3. The Morgan fingerprint density at radius 2 is 1.35 bits per heavy atom. The van der Waals surface area contributed by atoms with E-state index in [4.69, 9.17) is 23.2 Å². The summed E-state index contributed by atoms with van der Waals surface area (Å²) in [6, 6.07) is 16.4. The summed E-state index contributed by atoms with van der Waals surface area (Å²) in [6.07, 6.45) is 2.51. The molecule has 0 amide bonds. The number of benzene rings is 2. The molecule has 2 fully saturated rings. The Hall–Kier alpha value is -1.06. The summed E-state index contributed by atoms with van der Waals surface area (Å²) in [6.45, 7) is 4.73. The SMILES string of the molecule is CN1CCC(c2ccc(Cl)cc2)C1.CN1CCC(c2ccccc2Cl)C1. The molecular formula is C22H28Cl2N2. The van der Waals surface area contributed by atoms with Gasteiger partial charge in [-0.05, 0) is 81.2 Å². The first-order valence-electron chi connectivity index (χ1n) is 9.40. The third-order valence-corrected chi connectivity index (χ3v) is 6.07. The lowest BCUT2D eigenvalue weighted by atomic mass is 9.99. The van der Waals surface area contributed by atoms with Crippen molar-refractivity contribution in [3.63, 3.8) is 0 Å². The van der Waals surface area contributed by atoms with Gasteiger partial charge in [0.2, 0.25) is 0 Å². The minimum Gasteiger partial charge on any atom is -0.306 e. The smallest absolute Gasteiger partial charge is 0.0441 e. The molecule has 0 saturated carbocycles. The second-order valence-corrected chi connectivity index (χ2v) is 8.41. The molecule has 26 heavy (non-hydrogen) atoms. The Balaban J connectivity index is 0.000000151. The number of hydrogen-bond donors (Lipinski definition) is 0. The largest absolute Gasteiger partial charge is 0.306 e. The maximum Gasteiger partial charge on any atom is 0.0441 e. The predicted molar refractivity (Wildman–Crippen MR) is 113 cm³/mol. The van der Waals surface area contributed by atoms with Crippen LogP contribution in [0.1, 0.15) is 35.8 Å². The topological polar surface area (TPSA) is 6.48 Å². The molecule has 0 bridgehead atoms. The molecule has 2 nitrogen and oxygen atoms in total. The third kappa shape index (κ3) is 5.23. The van der Waals surface area contributed by atoms with Gasteiger partial charge >= 0.3 is 0 Å². The number of likely N-dealkylation sites (tertiary alicyclic amines) is 2. The van der Waals surface area contributed by atoms with Gasteiger partial charge in [-0.25, -0.2) is 0 Å². The highest BCUT2D eigenvalue weighted by Crippen LogP contribution is 2.31. The third-order valence-electron chi connectivity index (χ3n) is 5.47. The molecule has 2 aromatic rings. The molecule has 4 rings (SSSR count). The summed E-state index contributed by atoms with van der Waals surface area (Å²) in [4.78, 5) is 4.73.